The fraction of sp³-hybridized carbons (Fsp3) is 0.190. The molecule has 1 aromatic heterocycles. The quantitative estimate of drug-likeness (QED) is 0.628. The molecule has 1 heterocycles. The summed E-state index contributed by atoms with van der Waals surface area (Å²) in [7, 11) is 2.07. The molecule has 1 N–H and O–H groups in total. The molecule has 2 aromatic carbocycles. The highest BCUT2D eigenvalue weighted by molar-refractivity contribution is 7.12. The van der Waals surface area contributed by atoms with E-state index >= 15 is 0 Å². The SMILES string of the molecule is CN(CCCNC(=O)c1sccc1-c1ccccc1)c1ccccc1. The average Bonchev–Trinajstić information content (AvgIpc) is 3.16. The lowest BCUT2D eigenvalue weighted by Gasteiger charge is -2.19. The first-order valence-electron chi connectivity index (χ1n) is 8.43. The lowest BCUT2D eigenvalue weighted by atomic mass is 10.1. The van der Waals surface area contributed by atoms with Gasteiger partial charge in [-0.15, -0.1) is 11.3 Å². The Kier molecular flexibility index (Phi) is 5.86. The number of hydrogen-bond acceptors (Lipinski definition) is 3. The number of amides is 1. The zero-order valence-corrected chi connectivity index (χ0v) is 15.1. The van der Waals surface area contributed by atoms with Crippen LogP contribution in [0.25, 0.3) is 11.1 Å². The van der Waals surface area contributed by atoms with Gasteiger partial charge < -0.3 is 10.2 Å². The standard InChI is InChI=1S/C21H22N2OS/c1-23(18-11-6-3-7-12-18)15-8-14-22-21(24)20-19(13-16-25-20)17-9-4-2-5-10-17/h2-7,9-13,16H,8,14-15H2,1H3,(H,22,24). The van der Waals surface area contributed by atoms with E-state index in [9.17, 15) is 4.79 Å². The minimum Gasteiger partial charge on any atom is -0.375 e. The molecule has 0 saturated carbocycles. The number of hydrogen-bond donors (Lipinski definition) is 1. The van der Waals surface area contributed by atoms with Gasteiger partial charge in [0.15, 0.2) is 0 Å². The fourth-order valence-electron chi connectivity index (χ4n) is 2.74. The topological polar surface area (TPSA) is 32.3 Å². The number of carbonyl (C=O) groups excluding carboxylic acids is 1. The van der Waals surface area contributed by atoms with E-state index in [0.717, 1.165) is 29.0 Å². The summed E-state index contributed by atoms with van der Waals surface area (Å²) < 4.78 is 0. The van der Waals surface area contributed by atoms with Gasteiger partial charge in [-0.3, -0.25) is 4.79 Å². The summed E-state index contributed by atoms with van der Waals surface area (Å²) in [5, 5.41) is 5.02. The molecule has 0 unspecified atom stereocenters. The van der Waals surface area contributed by atoms with E-state index in [4.69, 9.17) is 0 Å². The van der Waals surface area contributed by atoms with Crippen LogP contribution in [0.2, 0.25) is 0 Å². The van der Waals surface area contributed by atoms with Gasteiger partial charge >= 0.3 is 0 Å². The molecule has 3 aromatic rings. The van der Waals surface area contributed by atoms with E-state index in [-0.39, 0.29) is 5.91 Å². The van der Waals surface area contributed by atoms with Crippen molar-refractivity contribution >= 4 is 22.9 Å². The highest BCUT2D eigenvalue weighted by atomic mass is 32.1. The molecule has 128 valence electrons. The summed E-state index contributed by atoms with van der Waals surface area (Å²) in [6, 6.07) is 22.3. The van der Waals surface area contributed by atoms with Gasteiger partial charge in [-0.2, -0.15) is 0 Å². The summed E-state index contributed by atoms with van der Waals surface area (Å²) in [4.78, 5) is 15.5. The number of nitrogens with zero attached hydrogens (tertiary/aromatic N) is 1. The molecule has 0 atom stereocenters. The van der Waals surface area contributed by atoms with Gasteiger partial charge in [-0.1, -0.05) is 48.5 Å². The maximum absolute atomic E-state index is 12.5. The molecule has 0 aliphatic rings. The molecular formula is C21H22N2OS. The molecule has 0 spiro atoms. The minimum absolute atomic E-state index is 0.0104. The van der Waals surface area contributed by atoms with Gasteiger partial charge in [0.05, 0.1) is 4.88 Å². The second-order valence-corrected chi connectivity index (χ2v) is 6.81. The van der Waals surface area contributed by atoms with Crippen molar-refractivity contribution < 1.29 is 4.79 Å². The molecule has 0 radical (unpaired) electrons. The Morgan fingerprint density at radius 2 is 1.68 bits per heavy atom. The van der Waals surface area contributed by atoms with Crippen LogP contribution in [0.4, 0.5) is 5.69 Å². The molecule has 3 rings (SSSR count). The number of nitrogens with one attached hydrogen (secondary N) is 1. The van der Waals surface area contributed by atoms with Crippen LogP contribution in [0, 0.1) is 0 Å². The first kappa shape index (κ1) is 17.2. The molecule has 3 nitrogen and oxygen atoms in total. The Morgan fingerprint density at radius 3 is 2.40 bits per heavy atom. The Labute approximate surface area is 152 Å². The highest BCUT2D eigenvalue weighted by Crippen LogP contribution is 2.28. The Morgan fingerprint density at radius 1 is 1.00 bits per heavy atom. The van der Waals surface area contributed by atoms with E-state index in [2.05, 4.69) is 29.4 Å². The van der Waals surface area contributed by atoms with Crippen LogP contribution in [-0.4, -0.2) is 26.0 Å². The monoisotopic (exact) mass is 350 g/mol. The molecule has 0 saturated heterocycles. The summed E-state index contributed by atoms with van der Waals surface area (Å²) in [5.41, 5.74) is 3.28. The van der Waals surface area contributed by atoms with E-state index in [1.54, 1.807) is 0 Å². The van der Waals surface area contributed by atoms with E-state index < -0.39 is 0 Å². The van der Waals surface area contributed by atoms with Crippen molar-refractivity contribution in [3.8, 4) is 11.1 Å². The second-order valence-electron chi connectivity index (χ2n) is 5.90. The van der Waals surface area contributed by atoms with Gasteiger partial charge in [-0.05, 0) is 35.6 Å². The Hall–Kier alpha value is -2.59. The fourth-order valence-corrected chi connectivity index (χ4v) is 3.57. The van der Waals surface area contributed by atoms with Gasteiger partial charge in [0.2, 0.25) is 0 Å². The summed E-state index contributed by atoms with van der Waals surface area (Å²) >= 11 is 1.49. The van der Waals surface area contributed by atoms with Gasteiger partial charge in [0.1, 0.15) is 0 Å². The molecule has 0 aliphatic heterocycles. The molecule has 25 heavy (non-hydrogen) atoms. The molecule has 4 heteroatoms. The smallest absolute Gasteiger partial charge is 0.261 e. The van der Waals surface area contributed by atoms with Gasteiger partial charge in [0.25, 0.3) is 5.91 Å². The van der Waals surface area contributed by atoms with Crippen molar-refractivity contribution in [1.82, 2.24) is 5.32 Å². The van der Waals surface area contributed by atoms with Crippen molar-refractivity contribution in [2.75, 3.05) is 25.0 Å². The number of para-hydroxylation sites is 1. The third-order valence-electron chi connectivity index (χ3n) is 4.11. The van der Waals surface area contributed by atoms with Crippen LogP contribution in [0.15, 0.2) is 72.1 Å². The average molecular weight is 350 g/mol. The predicted molar refractivity (Wildman–Crippen MR) is 106 cm³/mol. The van der Waals surface area contributed by atoms with Gasteiger partial charge in [-0.25, -0.2) is 0 Å². The van der Waals surface area contributed by atoms with Crippen LogP contribution < -0.4 is 10.2 Å². The maximum atomic E-state index is 12.5. The number of anilines is 1. The number of benzene rings is 2. The first-order valence-corrected chi connectivity index (χ1v) is 9.31. The third-order valence-corrected chi connectivity index (χ3v) is 5.02. The zero-order chi connectivity index (χ0) is 17.5. The third kappa shape index (κ3) is 4.48. The summed E-state index contributed by atoms with van der Waals surface area (Å²) in [6.07, 6.45) is 0.906. The summed E-state index contributed by atoms with van der Waals surface area (Å²) in [6.45, 7) is 1.57. The van der Waals surface area contributed by atoms with Crippen LogP contribution in [0.1, 0.15) is 16.1 Å². The lowest BCUT2D eigenvalue weighted by Crippen LogP contribution is -2.28. The lowest BCUT2D eigenvalue weighted by molar-refractivity contribution is 0.0958. The van der Waals surface area contributed by atoms with E-state index in [1.807, 2.05) is 60.0 Å². The maximum Gasteiger partial charge on any atom is 0.261 e. The zero-order valence-electron chi connectivity index (χ0n) is 14.3. The van der Waals surface area contributed by atoms with Crippen molar-refractivity contribution in [2.45, 2.75) is 6.42 Å². The molecule has 0 bridgehead atoms. The van der Waals surface area contributed by atoms with Crippen molar-refractivity contribution in [3.05, 3.63) is 77.0 Å². The van der Waals surface area contributed by atoms with Crippen LogP contribution >= 0.6 is 11.3 Å². The second kappa shape index (κ2) is 8.49. The predicted octanol–water partition coefficient (Wildman–Crippen LogP) is 4.67. The number of rotatable bonds is 7. The molecular weight excluding hydrogens is 328 g/mol. The van der Waals surface area contributed by atoms with Crippen LogP contribution in [0.5, 0.6) is 0 Å². The minimum atomic E-state index is 0.0104. The Bertz CT molecular complexity index is 799. The van der Waals surface area contributed by atoms with Crippen LogP contribution in [0.3, 0.4) is 0 Å². The van der Waals surface area contributed by atoms with Crippen molar-refractivity contribution in [3.63, 3.8) is 0 Å². The van der Waals surface area contributed by atoms with E-state index in [0.29, 0.717) is 6.54 Å². The van der Waals surface area contributed by atoms with Crippen molar-refractivity contribution in [1.29, 1.82) is 0 Å². The molecule has 1 amide bonds. The first-order chi connectivity index (χ1) is 12.3. The highest BCUT2D eigenvalue weighted by Gasteiger charge is 2.14. The Balaban J connectivity index is 1.52. The van der Waals surface area contributed by atoms with Crippen molar-refractivity contribution in [2.24, 2.45) is 0 Å². The number of carbonyl (C=O) groups is 1. The van der Waals surface area contributed by atoms with E-state index in [1.165, 1.54) is 17.0 Å². The largest absolute Gasteiger partial charge is 0.375 e. The molecule has 0 fully saturated rings. The van der Waals surface area contributed by atoms with Gasteiger partial charge in [0, 0.05) is 31.4 Å². The molecule has 0 aliphatic carbocycles. The van der Waals surface area contributed by atoms with Crippen LogP contribution in [-0.2, 0) is 0 Å². The normalized spacial score (nSPS) is 10.4. The number of thiophene rings is 1. The summed E-state index contributed by atoms with van der Waals surface area (Å²) in [5.74, 6) is 0.0104.